The molecular formula is C16H24O4. The van der Waals surface area contributed by atoms with Crippen LogP contribution >= 0.6 is 0 Å². The Balaban J connectivity index is 1.95. The minimum atomic E-state index is -0.768. The monoisotopic (exact) mass is 280 g/mol. The van der Waals surface area contributed by atoms with E-state index in [1.807, 2.05) is 58.0 Å². The molecule has 1 fully saturated rings. The molecule has 2 rings (SSSR count). The van der Waals surface area contributed by atoms with Gasteiger partial charge in [-0.1, -0.05) is 30.3 Å². The third kappa shape index (κ3) is 3.58. The topological polar surface area (TPSA) is 47.9 Å². The summed E-state index contributed by atoms with van der Waals surface area (Å²) in [5.41, 5.74) is 0.334. The van der Waals surface area contributed by atoms with Crippen LogP contribution in [0.3, 0.4) is 0 Å². The predicted molar refractivity (Wildman–Crippen MR) is 76.2 cm³/mol. The normalized spacial score (nSPS) is 33.0. The van der Waals surface area contributed by atoms with Crippen LogP contribution in [0.5, 0.6) is 0 Å². The molecule has 1 heterocycles. The van der Waals surface area contributed by atoms with Gasteiger partial charge in [0.1, 0.15) is 11.7 Å². The number of hydrogen-bond acceptors (Lipinski definition) is 4. The first-order valence-electron chi connectivity index (χ1n) is 7.00. The Bertz CT molecular complexity index is 431. The first-order valence-corrected chi connectivity index (χ1v) is 7.00. The fourth-order valence-corrected chi connectivity index (χ4v) is 2.72. The SMILES string of the molecule is C[C@H]1OC(C)(C)O[C@](C)(COCc2ccccc2)[C@H]1O. The maximum atomic E-state index is 10.3. The fourth-order valence-electron chi connectivity index (χ4n) is 2.72. The van der Waals surface area contributed by atoms with Crippen LogP contribution in [0.15, 0.2) is 30.3 Å². The minimum Gasteiger partial charge on any atom is -0.387 e. The Labute approximate surface area is 120 Å². The Hall–Kier alpha value is -0.940. The summed E-state index contributed by atoms with van der Waals surface area (Å²) in [6.45, 7) is 8.24. The number of benzene rings is 1. The first-order chi connectivity index (χ1) is 9.32. The highest BCUT2D eigenvalue weighted by atomic mass is 16.7. The Morgan fingerprint density at radius 3 is 2.50 bits per heavy atom. The van der Waals surface area contributed by atoms with Crippen LogP contribution in [-0.4, -0.2) is 35.3 Å². The lowest BCUT2D eigenvalue weighted by molar-refractivity contribution is -0.367. The van der Waals surface area contributed by atoms with Gasteiger partial charge in [-0.3, -0.25) is 0 Å². The van der Waals surface area contributed by atoms with Crippen molar-refractivity contribution in [1.29, 1.82) is 0 Å². The molecular weight excluding hydrogens is 256 g/mol. The van der Waals surface area contributed by atoms with Gasteiger partial charge in [0, 0.05) is 0 Å². The van der Waals surface area contributed by atoms with Crippen molar-refractivity contribution in [2.24, 2.45) is 0 Å². The van der Waals surface area contributed by atoms with Crippen LogP contribution in [-0.2, 0) is 20.8 Å². The molecule has 1 saturated heterocycles. The average Bonchev–Trinajstić information content (AvgIpc) is 2.36. The van der Waals surface area contributed by atoms with E-state index in [4.69, 9.17) is 14.2 Å². The van der Waals surface area contributed by atoms with Crippen LogP contribution in [0.1, 0.15) is 33.3 Å². The zero-order chi connectivity index (χ0) is 14.8. The summed E-state index contributed by atoms with van der Waals surface area (Å²) in [7, 11) is 0. The summed E-state index contributed by atoms with van der Waals surface area (Å²) in [5.74, 6) is -0.719. The lowest BCUT2D eigenvalue weighted by Gasteiger charge is -2.48. The number of aliphatic hydroxyl groups excluding tert-OH is 1. The molecule has 4 heteroatoms. The summed E-state index contributed by atoms with van der Waals surface area (Å²) < 4.78 is 17.2. The second kappa shape index (κ2) is 5.82. The Kier molecular flexibility index (Phi) is 4.49. The van der Waals surface area contributed by atoms with Gasteiger partial charge in [0.2, 0.25) is 0 Å². The van der Waals surface area contributed by atoms with Crippen LogP contribution in [0.2, 0.25) is 0 Å². The van der Waals surface area contributed by atoms with Crippen LogP contribution in [0.4, 0.5) is 0 Å². The van der Waals surface area contributed by atoms with Gasteiger partial charge in [-0.05, 0) is 33.3 Å². The predicted octanol–water partition coefficient (Wildman–Crippen LogP) is 2.49. The van der Waals surface area contributed by atoms with E-state index in [-0.39, 0.29) is 6.10 Å². The summed E-state index contributed by atoms with van der Waals surface area (Å²) >= 11 is 0. The molecule has 1 N–H and O–H groups in total. The van der Waals surface area contributed by atoms with E-state index in [2.05, 4.69) is 0 Å². The van der Waals surface area contributed by atoms with Crippen molar-refractivity contribution in [3.8, 4) is 0 Å². The standard InChI is InChI=1S/C16H24O4/c1-12-14(17)16(4,20-15(2,3)19-12)11-18-10-13-8-6-5-7-9-13/h5-9,12,14,17H,10-11H2,1-4H3/t12-,14+,16-/m1/s1. The highest BCUT2D eigenvalue weighted by Gasteiger charge is 2.48. The highest BCUT2D eigenvalue weighted by Crippen LogP contribution is 2.34. The zero-order valence-electron chi connectivity index (χ0n) is 12.6. The smallest absolute Gasteiger partial charge is 0.164 e. The van der Waals surface area contributed by atoms with Gasteiger partial charge in [0.25, 0.3) is 0 Å². The van der Waals surface area contributed by atoms with Crippen molar-refractivity contribution < 1.29 is 19.3 Å². The van der Waals surface area contributed by atoms with E-state index in [1.54, 1.807) is 0 Å². The second-order valence-corrected chi connectivity index (χ2v) is 6.06. The quantitative estimate of drug-likeness (QED) is 0.920. The molecule has 1 aromatic rings. The molecule has 4 nitrogen and oxygen atoms in total. The molecule has 0 bridgehead atoms. The molecule has 1 aliphatic rings. The van der Waals surface area contributed by atoms with E-state index >= 15 is 0 Å². The maximum Gasteiger partial charge on any atom is 0.164 e. The van der Waals surface area contributed by atoms with E-state index in [0.717, 1.165) is 5.56 Å². The van der Waals surface area contributed by atoms with Crippen molar-refractivity contribution in [1.82, 2.24) is 0 Å². The molecule has 1 aliphatic heterocycles. The third-order valence-corrected chi connectivity index (χ3v) is 3.52. The molecule has 0 saturated carbocycles. The molecule has 0 spiro atoms. The van der Waals surface area contributed by atoms with E-state index in [0.29, 0.717) is 13.2 Å². The second-order valence-electron chi connectivity index (χ2n) is 6.06. The Morgan fingerprint density at radius 2 is 1.85 bits per heavy atom. The van der Waals surface area contributed by atoms with Crippen molar-refractivity contribution in [2.75, 3.05) is 6.61 Å². The van der Waals surface area contributed by atoms with E-state index in [9.17, 15) is 5.11 Å². The summed E-state index contributed by atoms with van der Waals surface area (Å²) in [6.07, 6.45) is -1.00. The maximum absolute atomic E-state index is 10.3. The number of hydrogen-bond donors (Lipinski definition) is 1. The van der Waals surface area contributed by atoms with Gasteiger partial charge < -0.3 is 19.3 Å². The van der Waals surface area contributed by atoms with Gasteiger partial charge in [-0.15, -0.1) is 0 Å². The number of ether oxygens (including phenoxy) is 3. The van der Waals surface area contributed by atoms with E-state index in [1.165, 1.54) is 0 Å². The van der Waals surface area contributed by atoms with Crippen molar-refractivity contribution in [3.63, 3.8) is 0 Å². The lowest BCUT2D eigenvalue weighted by atomic mass is 9.93. The fraction of sp³-hybridized carbons (Fsp3) is 0.625. The van der Waals surface area contributed by atoms with Crippen LogP contribution in [0, 0.1) is 0 Å². The molecule has 0 unspecified atom stereocenters. The van der Waals surface area contributed by atoms with Gasteiger partial charge >= 0.3 is 0 Å². The molecule has 0 aromatic heterocycles. The van der Waals surface area contributed by atoms with Crippen molar-refractivity contribution >= 4 is 0 Å². The minimum absolute atomic E-state index is 0.288. The highest BCUT2D eigenvalue weighted by molar-refractivity contribution is 5.13. The van der Waals surface area contributed by atoms with Gasteiger partial charge in [0.05, 0.1) is 19.3 Å². The van der Waals surface area contributed by atoms with Crippen molar-refractivity contribution in [2.45, 2.75) is 57.9 Å². The van der Waals surface area contributed by atoms with Crippen LogP contribution in [0.25, 0.3) is 0 Å². The van der Waals surface area contributed by atoms with Crippen molar-refractivity contribution in [3.05, 3.63) is 35.9 Å². The third-order valence-electron chi connectivity index (χ3n) is 3.52. The zero-order valence-corrected chi connectivity index (χ0v) is 12.6. The largest absolute Gasteiger partial charge is 0.387 e. The lowest BCUT2D eigenvalue weighted by Crippen LogP contribution is -2.62. The number of rotatable bonds is 4. The first kappa shape index (κ1) is 15.4. The average molecular weight is 280 g/mol. The summed E-state index contributed by atoms with van der Waals surface area (Å²) in [4.78, 5) is 0. The molecule has 0 aliphatic carbocycles. The summed E-state index contributed by atoms with van der Waals surface area (Å²) in [5, 5.41) is 10.3. The van der Waals surface area contributed by atoms with Crippen LogP contribution < -0.4 is 0 Å². The Morgan fingerprint density at radius 1 is 1.20 bits per heavy atom. The molecule has 20 heavy (non-hydrogen) atoms. The number of aliphatic hydroxyl groups is 1. The molecule has 0 radical (unpaired) electrons. The molecule has 3 atom stereocenters. The van der Waals surface area contributed by atoms with Gasteiger partial charge in [-0.2, -0.15) is 0 Å². The molecule has 112 valence electrons. The molecule has 1 aromatic carbocycles. The van der Waals surface area contributed by atoms with Gasteiger partial charge in [-0.25, -0.2) is 0 Å². The molecule has 0 amide bonds. The van der Waals surface area contributed by atoms with E-state index < -0.39 is 17.5 Å². The summed E-state index contributed by atoms with van der Waals surface area (Å²) in [6, 6.07) is 9.95. The van der Waals surface area contributed by atoms with Gasteiger partial charge in [0.15, 0.2) is 5.79 Å².